The predicted molar refractivity (Wildman–Crippen MR) is 80.2 cm³/mol. The molecule has 7 nitrogen and oxygen atoms in total. The lowest BCUT2D eigenvalue weighted by Crippen LogP contribution is -2.23. The second kappa shape index (κ2) is 5.98. The van der Waals surface area contributed by atoms with Crippen LogP contribution < -0.4 is 10.4 Å². The van der Waals surface area contributed by atoms with Crippen molar-refractivity contribution in [1.29, 1.82) is 0 Å². The second-order valence-electron chi connectivity index (χ2n) is 4.51. The van der Waals surface area contributed by atoms with E-state index in [0.29, 0.717) is 22.0 Å². The van der Waals surface area contributed by atoms with Gasteiger partial charge in [0, 0.05) is 30.0 Å². The number of hydrogen-bond donors (Lipinski definition) is 0. The Morgan fingerprint density at radius 3 is 2.64 bits per heavy atom. The monoisotopic (exact) mass is 317 g/mol. The fourth-order valence-electron chi connectivity index (χ4n) is 1.94. The number of aryl methyl sites for hydroxylation is 1. The first kappa shape index (κ1) is 14.3. The van der Waals surface area contributed by atoms with Gasteiger partial charge in [-0.3, -0.25) is 4.98 Å². The number of pyridine rings is 1. The number of nitrogens with zero attached hydrogens (tertiary/aromatic N) is 5. The minimum absolute atomic E-state index is 0.196. The lowest BCUT2D eigenvalue weighted by Gasteiger charge is -2.11. The van der Waals surface area contributed by atoms with Gasteiger partial charge in [-0.25, -0.2) is 4.79 Å². The van der Waals surface area contributed by atoms with E-state index in [2.05, 4.69) is 15.4 Å². The van der Waals surface area contributed by atoms with Crippen molar-refractivity contribution in [1.82, 2.24) is 24.8 Å². The summed E-state index contributed by atoms with van der Waals surface area (Å²) in [5.74, 6) is 0.660. The Morgan fingerprint density at radius 2 is 1.95 bits per heavy atom. The molecule has 112 valence electrons. The number of hydrogen-bond acceptors (Lipinski definition) is 5. The summed E-state index contributed by atoms with van der Waals surface area (Å²) in [6.45, 7) is 0.196. The molecule has 0 aliphatic carbocycles. The van der Waals surface area contributed by atoms with Crippen LogP contribution in [0.3, 0.4) is 0 Å². The van der Waals surface area contributed by atoms with Crippen LogP contribution in [0.4, 0.5) is 0 Å². The zero-order chi connectivity index (χ0) is 15.5. The van der Waals surface area contributed by atoms with Crippen molar-refractivity contribution in [2.24, 2.45) is 7.05 Å². The largest absolute Gasteiger partial charge is 0.489 e. The van der Waals surface area contributed by atoms with Crippen molar-refractivity contribution in [3.05, 3.63) is 63.8 Å². The molecule has 0 radical (unpaired) electrons. The van der Waals surface area contributed by atoms with E-state index < -0.39 is 0 Å². The van der Waals surface area contributed by atoms with Crippen LogP contribution in [0.5, 0.6) is 5.75 Å². The van der Waals surface area contributed by atoms with E-state index in [1.54, 1.807) is 42.7 Å². The molecule has 1 aromatic carbocycles. The summed E-state index contributed by atoms with van der Waals surface area (Å²) in [5.41, 5.74) is 0.843. The molecule has 0 saturated carbocycles. The van der Waals surface area contributed by atoms with Crippen molar-refractivity contribution in [3.63, 3.8) is 0 Å². The molecular weight excluding hydrogens is 306 g/mol. The van der Waals surface area contributed by atoms with E-state index >= 15 is 0 Å². The van der Waals surface area contributed by atoms with Gasteiger partial charge in [0.05, 0.1) is 5.69 Å². The van der Waals surface area contributed by atoms with Crippen molar-refractivity contribution >= 4 is 11.6 Å². The van der Waals surface area contributed by atoms with Crippen LogP contribution in [0.15, 0.2) is 47.5 Å². The Balaban J connectivity index is 1.97. The molecule has 0 N–H and O–H groups in total. The Bertz CT molecular complexity index is 844. The summed E-state index contributed by atoms with van der Waals surface area (Å²) in [6, 6.07) is 8.70. The summed E-state index contributed by atoms with van der Waals surface area (Å²) in [4.78, 5) is 15.9. The van der Waals surface area contributed by atoms with Crippen LogP contribution in [0.2, 0.25) is 5.02 Å². The van der Waals surface area contributed by atoms with Crippen molar-refractivity contribution < 1.29 is 4.74 Å². The third kappa shape index (κ3) is 2.71. The molecule has 0 aliphatic heterocycles. The molecule has 3 aromatic rings. The second-order valence-corrected chi connectivity index (χ2v) is 4.91. The molecule has 22 heavy (non-hydrogen) atoms. The molecule has 8 heteroatoms. The minimum atomic E-state index is -0.354. The van der Waals surface area contributed by atoms with Crippen LogP contribution in [0.25, 0.3) is 5.69 Å². The number of tetrazole rings is 1. The molecule has 0 spiro atoms. The van der Waals surface area contributed by atoms with Gasteiger partial charge in [-0.15, -0.1) is 0 Å². The maximum atomic E-state index is 12.0. The van der Waals surface area contributed by atoms with Gasteiger partial charge in [0.25, 0.3) is 0 Å². The number of ether oxygens (including phenoxy) is 1. The summed E-state index contributed by atoms with van der Waals surface area (Å²) in [7, 11) is 1.53. The summed E-state index contributed by atoms with van der Waals surface area (Å²) in [5, 5.41) is 8.03. The maximum Gasteiger partial charge on any atom is 0.368 e. The van der Waals surface area contributed by atoms with Crippen LogP contribution in [-0.4, -0.2) is 24.8 Å². The smallest absolute Gasteiger partial charge is 0.368 e. The Hall–Kier alpha value is -2.67. The fraction of sp³-hybridized carbons (Fsp3) is 0.143. The molecule has 0 unspecified atom stereocenters. The summed E-state index contributed by atoms with van der Waals surface area (Å²) in [6.07, 6.45) is 3.27. The van der Waals surface area contributed by atoms with Gasteiger partial charge in [-0.2, -0.15) is 9.36 Å². The molecule has 0 aliphatic rings. The van der Waals surface area contributed by atoms with E-state index in [-0.39, 0.29) is 12.3 Å². The van der Waals surface area contributed by atoms with Gasteiger partial charge in [-0.05, 0) is 34.7 Å². The molecule has 2 aromatic heterocycles. The first-order chi connectivity index (χ1) is 10.7. The number of halogens is 1. The fourth-order valence-corrected chi connectivity index (χ4v) is 2.17. The lowest BCUT2D eigenvalue weighted by molar-refractivity contribution is 0.305. The van der Waals surface area contributed by atoms with Gasteiger partial charge in [0.15, 0.2) is 0 Å². The van der Waals surface area contributed by atoms with Crippen LogP contribution in [0.1, 0.15) is 5.56 Å². The van der Waals surface area contributed by atoms with Gasteiger partial charge in [0.2, 0.25) is 0 Å². The Labute approximate surface area is 130 Å². The standard InChI is InChI=1S/C14H12ClN5O2/c1-19-14(21)20(18-17-19)13-4-2-3-12(15)11(13)9-22-10-5-7-16-8-6-10/h2-8H,9H2,1H3. The summed E-state index contributed by atoms with van der Waals surface area (Å²) < 4.78 is 8.03. The molecule has 0 atom stereocenters. The number of benzene rings is 1. The highest BCUT2D eigenvalue weighted by Crippen LogP contribution is 2.23. The van der Waals surface area contributed by atoms with Gasteiger partial charge < -0.3 is 4.74 Å². The van der Waals surface area contributed by atoms with Crippen molar-refractivity contribution in [2.45, 2.75) is 6.61 Å². The van der Waals surface area contributed by atoms with Gasteiger partial charge >= 0.3 is 5.69 Å². The predicted octanol–water partition coefficient (Wildman–Crippen LogP) is 1.59. The molecule has 2 heterocycles. The minimum Gasteiger partial charge on any atom is -0.489 e. The zero-order valence-electron chi connectivity index (χ0n) is 11.7. The number of aromatic nitrogens is 5. The molecule has 0 fully saturated rings. The van der Waals surface area contributed by atoms with E-state index in [1.165, 1.54) is 11.7 Å². The maximum absolute atomic E-state index is 12.0. The molecule has 0 bridgehead atoms. The highest BCUT2D eigenvalue weighted by atomic mass is 35.5. The van der Waals surface area contributed by atoms with E-state index in [0.717, 1.165) is 4.68 Å². The average molecular weight is 318 g/mol. The molecular formula is C14H12ClN5O2. The highest BCUT2D eigenvalue weighted by molar-refractivity contribution is 6.31. The van der Waals surface area contributed by atoms with E-state index in [9.17, 15) is 4.79 Å². The van der Waals surface area contributed by atoms with Crippen LogP contribution in [0, 0.1) is 0 Å². The SMILES string of the molecule is Cn1nnn(-c2cccc(Cl)c2COc2ccncc2)c1=O. The van der Waals surface area contributed by atoms with Gasteiger partial charge in [0.1, 0.15) is 12.4 Å². The Morgan fingerprint density at radius 1 is 1.18 bits per heavy atom. The topological polar surface area (TPSA) is 74.8 Å². The van der Waals surface area contributed by atoms with Crippen molar-refractivity contribution in [2.75, 3.05) is 0 Å². The highest BCUT2D eigenvalue weighted by Gasteiger charge is 2.14. The average Bonchev–Trinajstić information content (AvgIpc) is 2.86. The molecule has 3 rings (SSSR count). The first-order valence-electron chi connectivity index (χ1n) is 6.46. The van der Waals surface area contributed by atoms with E-state index in [4.69, 9.17) is 16.3 Å². The quantitative estimate of drug-likeness (QED) is 0.730. The number of rotatable bonds is 4. The van der Waals surface area contributed by atoms with E-state index in [1.807, 2.05) is 0 Å². The molecule has 0 saturated heterocycles. The zero-order valence-corrected chi connectivity index (χ0v) is 12.4. The van der Waals surface area contributed by atoms with Crippen LogP contribution >= 0.6 is 11.6 Å². The van der Waals surface area contributed by atoms with Crippen molar-refractivity contribution in [3.8, 4) is 11.4 Å². The Kier molecular flexibility index (Phi) is 3.88. The third-order valence-corrected chi connectivity index (χ3v) is 3.43. The van der Waals surface area contributed by atoms with Gasteiger partial charge in [-0.1, -0.05) is 17.7 Å². The first-order valence-corrected chi connectivity index (χ1v) is 6.84. The third-order valence-electron chi connectivity index (χ3n) is 3.08. The normalized spacial score (nSPS) is 10.6. The van der Waals surface area contributed by atoms with Crippen LogP contribution in [-0.2, 0) is 13.7 Å². The lowest BCUT2D eigenvalue weighted by atomic mass is 10.2. The molecule has 0 amide bonds. The summed E-state index contributed by atoms with van der Waals surface area (Å²) >= 11 is 6.24.